The first-order valence-corrected chi connectivity index (χ1v) is 11.6. The van der Waals surface area contributed by atoms with Crippen LogP contribution in [0.1, 0.15) is 49.1 Å². The normalized spacial score (nSPS) is 21.8. The van der Waals surface area contributed by atoms with Gasteiger partial charge in [0, 0.05) is 18.5 Å². The monoisotopic (exact) mass is 448 g/mol. The first kappa shape index (κ1) is 21.5. The number of carbonyl (C=O) groups is 3. The highest BCUT2D eigenvalue weighted by Gasteiger charge is 2.41. The fourth-order valence-corrected chi connectivity index (χ4v) is 5.77. The maximum Gasteiger partial charge on any atom is 0.407 e. The maximum atomic E-state index is 13.1. The van der Waals surface area contributed by atoms with Crippen LogP contribution in [0.5, 0.6) is 0 Å². The van der Waals surface area contributed by atoms with Crippen LogP contribution >= 0.6 is 0 Å². The average Bonchev–Trinajstić information content (AvgIpc) is 3.29. The van der Waals surface area contributed by atoms with Crippen LogP contribution in [0.2, 0.25) is 0 Å². The largest absolute Gasteiger partial charge is 0.481 e. The number of carbonyl (C=O) groups excluding carboxylic acids is 2. The van der Waals surface area contributed by atoms with E-state index >= 15 is 0 Å². The Labute approximate surface area is 192 Å². The molecular formula is C26H28N2O5. The summed E-state index contributed by atoms with van der Waals surface area (Å²) in [4.78, 5) is 39.0. The fourth-order valence-electron chi connectivity index (χ4n) is 5.77. The third-order valence-electron chi connectivity index (χ3n) is 7.25. The number of ether oxygens (including phenoxy) is 1. The van der Waals surface area contributed by atoms with Crippen molar-refractivity contribution in [3.05, 3.63) is 59.7 Å². The van der Waals surface area contributed by atoms with E-state index in [4.69, 9.17) is 4.74 Å². The zero-order chi connectivity index (χ0) is 22.9. The van der Waals surface area contributed by atoms with Gasteiger partial charge in [0.05, 0.1) is 6.42 Å². The highest BCUT2D eigenvalue weighted by molar-refractivity contribution is 5.89. The number of nitrogens with one attached hydrogen (secondary N) is 1. The first-order valence-electron chi connectivity index (χ1n) is 11.6. The van der Waals surface area contributed by atoms with Crippen LogP contribution in [0.15, 0.2) is 48.5 Å². The van der Waals surface area contributed by atoms with E-state index in [9.17, 15) is 19.5 Å². The van der Waals surface area contributed by atoms with Crippen LogP contribution in [0.3, 0.4) is 0 Å². The van der Waals surface area contributed by atoms with E-state index in [1.165, 1.54) is 0 Å². The molecule has 2 bridgehead atoms. The first-order chi connectivity index (χ1) is 16.0. The van der Waals surface area contributed by atoms with Crippen molar-refractivity contribution in [2.45, 2.75) is 50.1 Å². The van der Waals surface area contributed by atoms with Crippen molar-refractivity contribution in [2.75, 3.05) is 13.2 Å². The third kappa shape index (κ3) is 4.19. The van der Waals surface area contributed by atoms with Gasteiger partial charge < -0.3 is 20.1 Å². The summed E-state index contributed by atoms with van der Waals surface area (Å²) in [5.41, 5.74) is 4.44. The number of nitrogens with zero attached hydrogens (tertiary/aromatic N) is 1. The Balaban J connectivity index is 1.26. The summed E-state index contributed by atoms with van der Waals surface area (Å²) < 4.78 is 5.54. The van der Waals surface area contributed by atoms with Crippen LogP contribution in [-0.2, 0) is 14.3 Å². The van der Waals surface area contributed by atoms with Crippen molar-refractivity contribution in [1.29, 1.82) is 0 Å². The van der Waals surface area contributed by atoms with Gasteiger partial charge >= 0.3 is 12.1 Å². The molecular weight excluding hydrogens is 420 g/mol. The van der Waals surface area contributed by atoms with E-state index in [2.05, 4.69) is 17.4 Å². The highest BCUT2D eigenvalue weighted by Crippen LogP contribution is 2.44. The Morgan fingerprint density at radius 2 is 1.70 bits per heavy atom. The van der Waals surface area contributed by atoms with Gasteiger partial charge in [-0.3, -0.25) is 9.59 Å². The number of likely N-dealkylation sites (tertiary alicyclic amines) is 1. The second kappa shape index (κ2) is 8.89. The third-order valence-corrected chi connectivity index (χ3v) is 7.25. The minimum atomic E-state index is -1.13. The van der Waals surface area contributed by atoms with Gasteiger partial charge in [0.2, 0.25) is 5.91 Å². The van der Waals surface area contributed by atoms with E-state index in [1.807, 2.05) is 36.4 Å². The van der Waals surface area contributed by atoms with Gasteiger partial charge in [-0.1, -0.05) is 55.0 Å². The van der Waals surface area contributed by atoms with Crippen molar-refractivity contribution in [3.63, 3.8) is 0 Å². The summed E-state index contributed by atoms with van der Waals surface area (Å²) in [6, 6.07) is 15.1. The molecule has 7 nitrogen and oxygen atoms in total. The highest BCUT2D eigenvalue weighted by atomic mass is 16.5. The molecule has 1 saturated heterocycles. The molecule has 2 amide bonds. The summed E-state index contributed by atoms with van der Waals surface area (Å²) >= 11 is 0. The van der Waals surface area contributed by atoms with Gasteiger partial charge in [-0.05, 0) is 47.4 Å². The smallest absolute Gasteiger partial charge is 0.407 e. The molecule has 2 N–H and O–H groups in total. The number of alkyl carbamates (subject to hydrolysis) is 1. The quantitative estimate of drug-likeness (QED) is 0.701. The van der Waals surface area contributed by atoms with Crippen LogP contribution in [0.25, 0.3) is 11.1 Å². The Hall–Kier alpha value is -3.35. The van der Waals surface area contributed by atoms with Crippen molar-refractivity contribution < 1.29 is 24.2 Å². The van der Waals surface area contributed by atoms with E-state index in [1.54, 1.807) is 4.90 Å². The molecule has 5 rings (SSSR count). The second-order valence-electron chi connectivity index (χ2n) is 9.30. The minimum absolute atomic E-state index is 0.102. The zero-order valence-corrected chi connectivity index (χ0v) is 18.4. The number of carboxylic acid groups (broad SMARTS) is 1. The zero-order valence-electron chi connectivity index (χ0n) is 18.4. The number of rotatable bonds is 6. The van der Waals surface area contributed by atoms with Gasteiger partial charge in [-0.15, -0.1) is 0 Å². The van der Waals surface area contributed by atoms with Crippen molar-refractivity contribution >= 4 is 18.0 Å². The number of hydrogen-bond donors (Lipinski definition) is 2. The Kier molecular flexibility index (Phi) is 5.79. The lowest BCUT2D eigenvalue weighted by molar-refractivity contribution is -0.143. The molecule has 2 aromatic carbocycles. The van der Waals surface area contributed by atoms with Crippen LogP contribution in [-0.4, -0.2) is 53.2 Å². The molecule has 0 aromatic heterocycles. The number of benzene rings is 2. The predicted molar refractivity (Wildman–Crippen MR) is 122 cm³/mol. The Bertz CT molecular complexity index is 1040. The molecule has 3 unspecified atom stereocenters. The summed E-state index contributed by atoms with van der Waals surface area (Å²) in [5.74, 6) is -1.07. The maximum absolute atomic E-state index is 13.1. The summed E-state index contributed by atoms with van der Waals surface area (Å²) in [7, 11) is 0. The van der Waals surface area contributed by atoms with E-state index in [-0.39, 0.29) is 24.5 Å². The van der Waals surface area contributed by atoms with Gasteiger partial charge in [-0.25, -0.2) is 4.79 Å². The minimum Gasteiger partial charge on any atom is -0.481 e. The molecule has 2 aliphatic carbocycles. The summed E-state index contributed by atoms with van der Waals surface area (Å²) in [6.07, 6.45) is 2.87. The molecule has 0 radical (unpaired) electrons. The number of hydrogen-bond acceptors (Lipinski definition) is 4. The van der Waals surface area contributed by atoms with Crippen LogP contribution < -0.4 is 5.32 Å². The van der Waals surface area contributed by atoms with Gasteiger partial charge in [-0.2, -0.15) is 0 Å². The van der Waals surface area contributed by atoms with Gasteiger partial charge in [0.15, 0.2) is 0 Å². The number of fused-ring (bicyclic) bond motifs is 5. The molecule has 7 heteroatoms. The Morgan fingerprint density at radius 1 is 1.03 bits per heavy atom. The lowest BCUT2D eigenvalue weighted by atomic mass is 9.90. The molecule has 3 aliphatic rings. The van der Waals surface area contributed by atoms with Crippen LogP contribution in [0, 0.1) is 5.92 Å². The molecule has 2 fully saturated rings. The molecule has 1 heterocycles. The molecule has 1 saturated carbocycles. The molecule has 2 aromatic rings. The fraction of sp³-hybridized carbons (Fsp3) is 0.423. The van der Waals surface area contributed by atoms with E-state index < -0.39 is 24.5 Å². The lowest BCUT2D eigenvalue weighted by Gasteiger charge is -2.28. The molecule has 3 atom stereocenters. The lowest BCUT2D eigenvalue weighted by Crippen LogP contribution is -2.51. The van der Waals surface area contributed by atoms with Crippen molar-refractivity contribution in [3.8, 4) is 11.1 Å². The molecule has 33 heavy (non-hydrogen) atoms. The SMILES string of the molecule is O=C(O)CC(NC(=O)OCC1c2ccccc2-c2ccccc21)C(=O)N1CC2CCCC1C2. The average molecular weight is 449 g/mol. The summed E-state index contributed by atoms with van der Waals surface area (Å²) in [6.45, 7) is 0.758. The van der Waals surface area contributed by atoms with Crippen LogP contribution in [0.4, 0.5) is 4.79 Å². The van der Waals surface area contributed by atoms with Crippen molar-refractivity contribution in [1.82, 2.24) is 10.2 Å². The van der Waals surface area contributed by atoms with Gasteiger partial charge in [0.1, 0.15) is 12.6 Å². The number of amides is 2. The summed E-state index contributed by atoms with van der Waals surface area (Å²) in [5, 5.41) is 11.9. The predicted octanol–water partition coefficient (Wildman–Crippen LogP) is 3.77. The molecule has 0 spiro atoms. The van der Waals surface area contributed by atoms with Gasteiger partial charge in [0.25, 0.3) is 0 Å². The Morgan fingerprint density at radius 3 is 2.33 bits per heavy atom. The second-order valence-corrected chi connectivity index (χ2v) is 9.30. The topological polar surface area (TPSA) is 95.9 Å². The number of aliphatic carboxylic acids is 1. The molecule has 1 aliphatic heterocycles. The van der Waals surface area contributed by atoms with E-state index in [0.717, 1.165) is 47.9 Å². The molecule has 172 valence electrons. The van der Waals surface area contributed by atoms with E-state index in [0.29, 0.717) is 12.5 Å². The number of carboxylic acids is 1. The standard InChI is InChI=1S/C26H28N2O5/c29-24(30)13-23(25(31)28-14-16-6-5-7-17(28)12-16)27-26(32)33-15-22-20-10-3-1-8-18(20)19-9-2-4-11-21(19)22/h1-4,8-11,16-17,22-23H,5-7,12-15H2,(H,27,32)(H,29,30). The van der Waals surface area contributed by atoms with Crippen molar-refractivity contribution in [2.24, 2.45) is 5.92 Å².